The molecule has 0 bridgehead atoms. The highest BCUT2D eigenvalue weighted by Crippen LogP contribution is 2.34. The third kappa shape index (κ3) is 2.83. The predicted molar refractivity (Wildman–Crippen MR) is 67.3 cm³/mol. The summed E-state index contributed by atoms with van der Waals surface area (Å²) in [6.45, 7) is 2.08. The Bertz CT molecular complexity index is 310. The lowest BCUT2D eigenvalue weighted by atomic mass is 9.80. The minimum atomic E-state index is -1.02. The fraction of sp³-hybridized carbons (Fsp3) is 0.846. The van der Waals surface area contributed by atoms with E-state index in [0.29, 0.717) is 19.4 Å². The molecule has 0 saturated heterocycles. The van der Waals surface area contributed by atoms with Crippen molar-refractivity contribution in [2.45, 2.75) is 44.6 Å². The van der Waals surface area contributed by atoms with Crippen LogP contribution in [0, 0.1) is 5.92 Å². The maximum atomic E-state index is 12.2. The first-order chi connectivity index (χ1) is 8.45. The quantitative estimate of drug-likeness (QED) is 0.810. The molecule has 0 aromatic carbocycles. The van der Waals surface area contributed by atoms with Gasteiger partial charge in [-0.05, 0) is 12.8 Å². The molecule has 1 N–H and O–H groups in total. The van der Waals surface area contributed by atoms with Crippen molar-refractivity contribution < 1.29 is 19.4 Å². The van der Waals surface area contributed by atoms with Gasteiger partial charge in [-0.3, -0.25) is 4.79 Å². The van der Waals surface area contributed by atoms with Crippen LogP contribution in [0.1, 0.15) is 39.0 Å². The van der Waals surface area contributed by atoms with Crippen LogP contribution in [0.4, 0.5) is 0 Å². The zero-order chi connectivity index (χ0) is 13.8. The first kappa shape index (κ1) is 15.0. The summed E-state index contributed by atoms with van der Waals surface area (Å²) in [5.41, 5.74) is -1.02. The maximum absolute atomic E-state index is 12.2. The Kier molecular flexibility index (Phi) is 5.14. The monoisotopic (exact) mass is 257 g/mol. The second kappa shape index (κ2) is 6.18. The minimum Gasteiger partial charge on any atom is -0.479 e. The molecule has 1 saturated carbocycles. The Hall–Kier alpha value is -1.10. The molecule has 1 unspecified atom stereocenters. The fourth-order valence-electron chi connectivity index (χ4n) is 2.69. The number of carboxylic acid groups (broad SMARTS) is 1. The van der Waals surface area contributed by atoms with E-state index in [1.807, 2.05) is 0 Å². The molecule has 1 amide bonds. The Morgan fingerprint density at radius 3 is 2.33 bits per heavy atom. The predicted octanol–water partition coefficient (Wildman–Crippen LogP) is 1.51. The first-order valence-corrected chi connectivity index (χ1v) is 6.45. The molecule has 1 atom stereocenters. The van der Waals surface area contributed by atoms with Crippen LogP contribution in [-0.2, 0) is 14.3 Å². The molecule has 0 heterocycles. The molecule has 0 spiro atoms. The highest BCUT2D eigenvalue weighted by atomic mass is 16.5. The maximum Gasteiger partial charge on any atom is 0.329 e. The zero-order valence-corrected chi connectivity index (χ0v) is 11.4. The number of likely N-dealkylation sites (N-methyl/N-ethyl adjacent to an activating group) is 1. The van der Waals surface area contributed by atoms with Crippen molar-refractivity contribution in [3.63, 3.8) is 0 Å². The number of carbonyl (C=O) groups excluding carboxylic acids is 1. The Labute approximate surface area is 108 Å². The van der Waals surface area contributed by atoms with Gasteiger partial charge in [0.1, 0.15) is 5.54 Å². The number of hydrogen-bond acceptors (Lipinski definition) is 3. The van der Waals surface area contributed by atoms with Crippen LogP contribution >= 0.6 is 0 Å². The lowest BCUT2D eigenvalue weighted by molar-refractivity contribution is -0.162. The Morgan fingerprint density at radius 2 is 1.89 bits per heavy atom. The molecule has 18 heavy (non-hydrogen) atoms. The van der Waals surface area contributed by atoms with Crippen LogP contribution < -0.4 is 0 Å². The molecule has 0 aromatic heterocycles. The molecular formula is C13H23NO4. The van der Waals surface area contributed by atoms with Crippen molar-refractivity contribution in [2.75, 3.05) is 20.8 Å². The fourth-order valence-corrected chi connectivity index (χ4v) is 2.69. The smallest absolute Gasteiger partial charge is 0.329 e. The number of ether oxygens (including phenoxy) is 1. The van der Waals surface area contributed by atoms with Crippen LogP contribution in [0.5, 0.6) is 0 Å². The summed E-state index contributed by atoms with van der Waals surface area (Å²) in [4.78, 5) is 25.2. The summed E-state index contributed by atoms with van der Waals surface area (Å²) in [6.07, 6.45) is 3.87. The number of carbonyl (C=O) groups is 2. The average Bonchev–Trinajstić information content (AvgIpc) is 2.37. The van der Waals surface area contributed by atoms with Gasteiger partial charge in [-0.2, -0.15) is 0 Å². The number of amides is 1. The van der Waals surface area contributed by atoms with Crippen molar-refractivity contribution in [1.82, 2.24) is 4.90 Å². The number of carboxylic acids is 1. The summed E-state index contributed by atoms with van der Waals surface area (Å²) >= 11 is 0. The van der Waals surface area contributed by atoms with E-state index >= 15 is 0 Å². The zero-order valence-electron chi connectivity index (χ0n) is 11.4. The lowest BCUT2D eigenvalue weighted by Crippen LogP contribution is -2.57. The van der Waals surface area contributed by atoms with Crippen molar-refractivity contribution >= 4 is 11.9 Å². The van der Waals surface area contributed by atoms with Gasteiger partial charge >= 0.3 is 5.97 Å². The molecule has 5 heteroatoms. The van der Waals surface area contributed by atoms with Crippen molar-refractivity contribution in [1.29, 1.82) is 0 Å². The summed E-state index contributed by atoms with van der Waals surface area (Å²) in [5, 5.41) is 9.49. The molecule has 1 aliphatic rings. The van der Waals surface area contributed by atoms with E-state index in [2.05, 4.69) is 0 Å². The number of methoxy groups -OCH3 is 1. The SMILES string of the molecule is COCC(C)C(=O)N(C)C1(C(=O)O)CCCCC1. The number of aliphatic carboxylic acids is 1. The first-order valence-electron chi connectivity index (χ1n) is 6.45. The largest absolute Gasteiger partial charge is 0.479 e. The van der Waals surface area contributed by atoms with Crippen molar-refractivity contribution in [3.8, 4) is 0 Å². The normalized spacial score (nSPS) is 20.2. The Balaban J connectivity index is 2.85. The van der Waals surface area contributed by atoms with Gasteiger partial charge in [0.2, 0.25) is 5.91 Å². The van der Waals surface area contributed by atoms with Gasteiger partial charge in [0, 0.05) is 14.2 Å². The summed E-state index contributed by atoms with van der Waals surface area (Å²) in [5.74, 6) is -1.35. The van der Waals surface area contributed by atoms with Crippen LogP contribution in [-0.4, -0.2) is 48.2 Å². The van der Waals surface area contributed by atoms with Gasteiger partial charge < -0.3 is 14.7 Å². The lowest BCUT2D eigenvalue weighted by Gasteiger charge is -2.41. The third-order valence-electron chi connectivity index (χ3n) is 3.89. The van der Waals surface area contributed by atoms with E-state index in [-0.39, 0.29) is 11.8 Å². The number of rotatable bonds is 5. The highest BCUT2D eigenvalue weighted by Gasteiger charge is 2.46. The minimum absolute atomic E-state index is 0.152. The molecule has 104 valence electrons. The van der Waals surface area contributed by atoms with Gasteiger partial charge in [0.05, 0.1) is 12.5 Å². The molecule has 0 aliphatic heterocycles. The number of hydrogen-bond donors (Lipinski definition) is 1. The molecule has 1 aliphatic carbocycles. The molecule has 1 rings (SSSR count). The van der Waals surface area contributed by atoms with E-state index in [1.165, 1.54) is 12.0 Å². The molecule has 1 fully saturated rings. The van der Waals surface area contributed by atoms with Crippen molar-refractivity contribution in [3.05, 3.63) is 0 Å². The van der Waals surface area contributed by atoms with Crippen molar-refractivity contribution in [2.24, 2.45) is 5.92 Å². The van der Waals surface area contributed by atoms with Gasteiger partial charge in [-0.25, -0.2) is 4.79 Å². The third-order valence-corrected chi connectivity index (χ3v) is 3.89. The summed E-state index contributed by atoms with van der Waals surface area (Å²) < 4.78 is 4.96. The molecule has 0 radical (unpaired) electrons. The highest BCUT2D eigenvalue weighted by molar-refractivity contribution is 5.88. The van der Waals surface area contributed by atoms with E-state index < -0.39 is 11.5 Å². The molecule has 5 nitrogen and oxygen atoms in total. The van der Waals surface area contributed by atoms with E-state index in [4.69, 9.17) is 4.74 Å². The standard InChI is InChI=1S/C13H23NO4/c1-10(9-18-3)11(15)14(2)13(12(16)17)7-5-4-6-8-13/h10H,4-9H2,1-3H3,(H,16,17). The molecule has 0 aromatic rings. The second-order valence-electron chi connectivity index (χ2n) is 5.15. The summed E-state index contributed by atoms with van der Waals surface area (Å²) in [6, 6.07) is 0. The second-order valence-corrected chi connectivity index (χ2v) is 5.15. The Morgan fingerprint density at radius 1 is 1.33 bits per heavy atom. The van der Waals surface area contributed by atoms with E-state index in [0.717, 1.165) is 19.3 Å². The topological polar surface area (TPSA) is 66.8 Å². The van der Waals surface area contributed by atoms with Gasteiger partial charge in [-0.1, -0.05) is 26.2 Å². The van der Waals surface area contributed by atoms with E-state index in [9.17, 15) is 14.7 Å². The van der Waals surface area contributed by atoms with Crippen LogP contribution in [0.3, 0.4) is 0 Å². The van der Waals surface area contributed by atoms with Crippen LogP contribution in [0.25, 0.3) is 0 Å². The van der Waals surface area contributed by atoms with Gasteiger partial charge in [0.15, 0.2) is 0 Å². The summed E-state index contributed by atoms with van der Waals surface area (Å²) in [7, 11) is 3.14. The van der Waals surface area contributed by atoms with Gasteiger partial charge in [0.25, 0.3) is 0 Å². The van der Waals surface area contributed by atoms with E-state index in [1.54, 1.807) is 14.0 Å². The van der Waals surface area contributed by atoms with Crippen LogP contribution in [0.2, 0.25) is 0 Å². The van der Waals surface area contributed by atoms with Crippen LogP contribution in [0.15, 0.2) is 0 Å². The average molecular weight is 257 g/mol. The van der Waals surface area contributed by atoms with Gasteiger partial charge in [-0.15, -0.1) is 0 Å². The molecular weight excluding hydrogens is 234 g/mol. The number of nitrogens with zero attached hydrogens (tertiary/aromatic N) is 1.